The van der Waals surface area contributed by atoms with Crippen molar-refractivity contribution in [2.45, 2.75) is 44.7 Å². The third-order valence-corrected chi connectivity index (χ3v) is 4.88. The van der Waals surface area contributed by atoms with Crippen LogP contribution in [0.15, 0.2) is 29.3 Å². The van der Waals surface area contributed by atoms with E-state index in [9.17, 15) is 9.59 Å². The molecule has 2 N–H and O–H groups in total. The van der Waals surface area contributed by atoms with Crippen LogP contribution in [0.3, 0.4) is 0 Å². The highest BCUT2D eigenvalue weighted by Crippen LogP contribution is 2.17. The van der Waals surface area contributed by atoms with Gasteiger partial charge in [0, 0.05) is 39.8 Å². The second-order valence-corrected chi connectivity index (χ2v) is 7.68. The molecule has 1 fully saturated rings. The first-order valence-corrected chi connectivity index (χ1v) is 9.92. The average molecular weight is 515 g/mol. The molecular weight excluding hydrogens is 481 g/mol. The molecule has 162 valence electrons. The number of hydrogen-bond acceptors (Lipinski definition) is 3. The summed E-state index contributed by atoms with van der Waals surface area (Å²) in [5, 5.41) is 6.62. The van der Waals surface area contributed by atoms with Gasteiger partial charge in [0.25, 0.3) is 5.91 Å². The van der Waals surface area contributed by atoms with Gasteiger partial charge in [0.05, 0.1) is 13.1 Å². The highest BCUT2D eigenvalue weighted by Gasteiger charge is 2.15. The molecule has 0 heterocycles. The number of carbonyl (C=O) groups excluding carboxylic acids is 2. The van der Waals surface area contributed by atoms with E-state index in [1.807, 2.05) is 24.3 Å². The number of likely N-dealkylation sites (N-methyl/N-ethyl adjacent to an activating group) is 1. The number of hydrogen-bond donors (Lipinski definition) is 2. The van der Waals surface area contributed by atoms with E-state index in [1.165, 1.54) is 19.3 Å². The van der Waals surface area contributed by atoms with Crippen LogP contribution in [0.4, 0.5) is 0 Å². The summed E-state index contributed by atoms with van der Waals surface area (Å²) in [5.74, 6) is 0.652. The van der Waals surface area contributed by atoms with Crippen molar-refractivity contribution in [2.24, 2.45) is 4.99 Å². The SMILES string of the molecule is CN(C)C(=O)CNC(=NCc1ccc(C(=O)N(C)C)cc1)NC1CCCCC1.I. The van der Waals surface area contributed by atoms with Crippen molar-refractivity contribution >= 4 is 41.8 Å². The van der Waals surface area contributed by atoms with Crippen LogP contribution < -0.4 is 10.6 Å². The highest BCUT2D eigenvalue weighted by atomic mass is 127. The lowest BCUT2D eigenvalue weighted by Gasteiger charge is -2.25. The first-order chi connectivity index (χ1) is 13.4. The number of halogens is 1. The molecule has 2 rings (SSSR count). The number of aliphatic imine (C=N–C) groups is 1. The summed E-state index contributed by atoms with van der Waals surface area (Å²) in [6, 6.07) is 7.89. The summed E-state index contributed by atoms with van der Waals surface area (Å²) in [6.45, 7) is 0.691. The molecule has 0 radical (unpaired) electrons. The molecule has 29 heavy (non-hydrogen) atoms. The van der Waals surface area contributed by atoms with Crippen molar-refractivity contribution in [3.63, 3.8) is 0 Å². The van der Waals surface area contributed by atoms with Crippen molar-refractivity contribution in [3.8, 4) is 0 Å². The van der Waals surface area contributed by atoms with Crippen molar-refractivity contribution in [2.75, 3.05) is 34.7 Å². The third-order valence-electron chi connectivity index (χ3n) is 4.88. The van der Waals surface area contributed by atoms with E-state index in [4.69, 9.17) is 0 Å². The minimum Gasteiger partial charge on any atom is -0.354 e. The Bertz CT molecular complexity index is 683. The number of nitrogens with one attached hydrogen (secondary N) is 2. The summed E-state index contributed by atoms with van der Waals surface area (Å²) >= 11 is 0. The summed E-state index contributed by atoms with van der Waals surface area (Å²) in [7, 11) is 6.97. The predicted octanol–water partition coefficient (Wildman–Crippen LogP) is 2.46. The molecule has 0 bridgehead atoms. The number of guanidine groups is 1. The van der Waals surface area contributed by atoms with Crippen molar-refractivity contribution in [3.05, 3.63) is 35.4 Å². The number of carbonyl (C=O) groups is 2. The van der Waals surface area contributed by atoms with Crippen LogP contribution in [0, 0.1) is 0 Å². The van der Waals surface area contributed by atoms with E-state index in [0.29, 0.717) is 24.1 Å². The first-order valence-electron chi connectivity index (χ1n) is 9.92. The summed E-state index contributed by atoms with van der Waals surface area (Å²) in [6.07, 6.45) is 5.99. The smallest absolute Gasteiger partial charge is 0.253 e. The molecule has 0 aromatic heterocycles. The van der Waals surface area contributed by atoms with Gasteiger partial charge in [-0.15, -0.1) is 24.0 Å². The molecule has 2 amide bonds. The van der Waals surface area contributed by atoms with Crippen LogP contribution >= 0.6 is 24.0 Å². The topological polar surface area (TPSA) is 77.0 Å². The minimum absolute atomic E-state index is 0. The molecular formula is C21H34IN5O2. The molecule has 0 spiro atoms. The van der Waals surface area contributed by atoms with Crippen LogP contribution in [0.25, 0.3) is 0 Å². The van der Waals surface area contributed by atoms with Crippen molar-refractivity contribution < 1.29 is 9.59 Å². The van der Waals surface area contributed by atoms with E-state index in [0.717, 1.165) is 18.4 Å². The Kier molecular flexibility index (Phi) is 11.0. The van der Waals surface area contributed by atoms with Crippen molar-refractivity contribution in [1.82, 2.24) is 20.4 Å². The molecule has 0 atom stereocenters. The normalized spacial score (nSPS) is 14.6. The van der Waals surface area contributed by atoms with E-state index in [2.05, 4.69) is 15.6 Å². The Morgan fingerprint density at radius 1 is 1.00 bits per heavy atom. The Hall–Kier alpha value is -1.84. The largest absolute Gasteiger partial charge is 0.354 e. The molecule has 1 saturated carbocycles. The molecule has 1 aliphatic rings. The lowest BCUT2D eigenvalue weighted by molar-refractivity contribution is -0.127. The van der Waals surface area contributed by atoms with Gasteiger partial charge < -0.3 is 20.4 Å². The van der Waals surface area contributed by atoms with Gasteiger partial charge in [-0.05, 0) is 30.5 Å². The average Bonchev–Trinajstić information content (AvgIpc) is 2.70. The van der Waals surface area contributed by atoms with Gasteiger partial charge in [0.1, 0.15) is 0 Å². The van der Waals surface area contributed by atoms with Gasteiger partial charge in [-0.25, -0.2) is 4.99 Å². The Morgan fingerprint density at radius 3 is 2.17 bits per heavy atom. The lowest BCUT2D eigenvalue weighted by atomic mass is 9.96. The summed E-state index contributed by atoms with van der Waals surface area (Å²) in [4.78, 5) is 31.7. The second-order valence-electron chi connectivity index (χ2n) is 7.68. The lowest BCUT2D eigenvalue weighted by Crippen LogP contribution is -2.47. The van der Waals surface area contributed by atoms with Crippen LogP contribution in [0.5, 0.6) is 0 Å². The van der Waals surface area contributed by atoms with E-state index < -0.39 is 0 Å². The van der Waals surface area contributed by atoms with Crippen LogP contribution in [-0.2, 0) is 11.3 Å². The van der Waals surface area contributed by atoms with E-state index in [1.54, 1.807) is 38.0 Å². The second kappa shape index (κ2) is 12.7. The first kappa shape index (κ1) is 25.2. The Morgan fingerprint density at radius 2 is 1.62 bits per heavy atom. The quantitative estimate of drug-likeness (QED) is 0.347. The van der Waals surface area contributed by atoms with E-state index >= 15 is 0 Å². The predicted molar refractivity (Wildman–Crippen MR) is 128 cm³/mol. The van der Waals surface area contributed by atoms with Crippen LogP contribution in [0.1, 0.15) is 48.0 Å². The maximum atomic E-state index is 12.0. The fourth-order valence-corrected chi connectivity index (χ4v) is 3.09. The van der Waals surface area contributed by atoms with Gasteiger partial charge >= 0.3 is 0 Å². The van der Waals surface area contributed by atoms with Crippen molar-refractivity contribution in [1.29, 1.82) is 0 Å². The zero-order valence-electron chi connectivity index (χ0n) is 17.9. The van der Waals surface area contributed by atoms with Gasteiger partial charge in [-0.3, -0.25) is 9.59 Å². The molecule has 7 nitrogen and oxygen atoms in total. The number of amides is 2. The Balaban J connectivity index is 0.00000420. The fourth-order valence-electron chi connectivity index (χ4n) is 3.09. The molecule has 1 aliphatic carbocycles. The number of rotatable bonds is 6. The van der Waals surface area contributed by atoms with Gasteiger partial charge in [-0.1, -0.05) is 31.4 Å². The minimum atomic E-state index is -0.0152. The molecule has 1 aromatic carbocycles. The van der Waals surface area contributed by atoms with Crippen LogP contribution in [-0.4, -0.2) is 68.4 Å². The number of nitrogens with zero attached hydrogens (tertiary/aromatic N) is 3. The van der Waals surface area contributed by atoms with Gasteiger partial charge in [0.15, 0.2) is 5.96 Å². The Labute approximate surface area is 191 Å². The molecule has 0 unspecified atom stereocenters. The standard InChI is InChI=1S/C21H33N5O2.HI/c1-25(2)19(27)15-23-21(24-18-8-6-5-7-9-18)22-14-16-10-12-17(13-11-16)20(28)26(3)4;/h10-13,18H,5-9,14-15H2,1-4H3,(H2,22,23,24);1H. The zero-order valence-corrected chi connectivity index (χ0v) is 20.2. The third kappa shape index (κ3) is 8.59. The summed E-state index contributed by atoms with van der Waals surface area (Å²) < 4.78 is 0. The summed E-state index contributed by atoms with van der Waals surface area (Å²) in [5.41, 5.74) is 1.67. The zero-order chi connectivity index (χ0) is 20.5. The molecule has 8 heteroatoms. The fraction of sp³-hybridized carbons (Fsp3) is 0.571. The van der Waals surface area contributed by atoms with Gasteiger partial charge in [-0.2, -0.15) is 0 Å². The van der Waals surface area contributed by atoms with Crippen LogP contribution in [0.2, 0.25) is 0 Å². The molecule has 0 aliphatic heterocycles. The molecule has 0 saturated heterocycles. The van der Waals surface area contributed by atoms with E-state index in [-0.39, 0.29) is 42.3 Å². The van der Waals surface area contributed by atoms with Gasteiger partial charge in [0.2, 0.25) is 5.91 Å². The molecule has 1 aromatic rings. The maximum absolute atomic E-state index is 12.0. The number of benzene rings is 1. The monoisotopic (exact) mass is 515 g/mol. The maximum Gasteiger partial charge on any atom is 0.253 e. The highest BCUT2D eigenvalue weighted by molar-refractivity contribution is 14.0.